The quantitative estimate of drug-likeness (QED) is 0.183. The summed E-state index contributed by atoms with van der Waals surface area (Å²) in [5.74, 6) is 0.664. The molecule has 0 fully saturated rings. The fourth-order valence-electron chi connectivity index (χ4n) is 8.71. The number of fused-ring (bicyclic) bond motifs is 12. The second kappa shape index (κ2) is 11.3. The van der Waals surface area contributed by atoms with Gasteiger partial charge in [0, 0.05) is 41.9 Å². The number of nitrogens with zero attached hydrogens (tertiary/aromatic N) is 3. The second-order valence-corrected chi connectivity index (χ2v) is 15.2. The lowest BCUT2D eigenvalue weighted by atomic mass is 9.95. The summed E-state index contributed by atoms with van der Waals surface area (Å²) in [6, 6.07) is 63.6. The highest BCUT2D eigenvalue weighted by molar-refractivity contribution is 7.26. The third-order valence-corrected chi connectivity index (χ3v) is 12.2. The molecule has 0 aliphatic carbocycles. The molecule has 3 aromatic heterocycles. The highest BCUT2D eigenvalue weighted by Gasteiger charge is 2.22. The highest BCUT2D eigenvalue weighted by Crippen LogP contribution is 2.46. The van der Waals surface area contributed by atoms with E-state index in [4.69, 9.17) is 9.97 Å². The molecule has 3 nitrogen and oxygen atoms in total. The molecular formula is C50H29N3S. The first kappa shape index (κ1) is 29.7. The van der Waals surface area contributed by atoms with E-state index in [2.05, 4.69) is 180 Å². The van der Waals surface area contributed by atoms with E-state index in [0.29, 0.717) is 5.95 Å². The predicted molar refractivity (Wildman–Crippen MR) is 230 cm³/mol. The summed E-state index contributed by atoms with van der Waals surface area (Å²) < 4.78 is 4.81. The standard InChI is InChI=1S/C50H29N3S/c1-2-12-30(13-3-1)35-27-40(46-39-26-33-16-4-5-17-34(33)28-44(39)54-45(46)29-35)49-38-20-10-11-21-41(38)51-50(52-49)53-42-24-22-31-14-6-8-18-36(31)47(42)48-37-19-9-7-15-32(37)23-25-43(48)53/h1-29H. The maximum Gasteiger partial charge on any atom is 0.235 e. The van der Waals surface area contributed by atoms with Crippen molar-refractivity contribution in [2.24, 2.45) is 0 Å². The number of hydrogen-bond donors (Lipinski definition) is 0. The molecule has 12 aromatic rings. The first-order valence-electron chi connectivity index (χ1n) is 18.3. The van der Waals surface area contributed by atoms with E-state index in [1.54, 1.807) is 0 Å². The molecule has 0 N–H and O–H groups in total. The minimum Gasteiger partial charge on any atom is -0.278 e. The van der Waals surface area contributed by atoms with Crippen LogP contribution in [0.3, 0.4) is 0 Å². The molecule has 4 heteroatoms. The van der Waals surface area contributed by atoms with Crippen LogP contribution in [0.5, 0.6) is 0 Å². The number of thiophene rings is 1. The molecule has 0 saturated carbocycles. The van der Waals surface area contributed by atoms with E-state index in [0.717, 1.165) is 33.2 Å². The molecule has 0 amide bonds. The first-order chi connectivity index (χ1) is 26.8. The summed E-state index contributed by atoms with van der Waals surface area (Å²) in [4.78, 5) is 11.0. The van der Waals surface area contributed by atoms with E-state index in [-0.39, 0.29) is 0 Å². The zero-order valence-corrected chi connectivity index (χ0v) is 29.8. The van der Waals surface area contributed by atoms with Crippen molar-refractivity contribution in [1.82, 2.24) is 14.5 Å². The second-order valence-electron chi connectivity index (χ2n) is 14.1. The third kappa shape index (κ3) is 4.29. The molecule has 0 bridgehead atoms. The molecule has 0 aliphatic heterocycles. The summed E-state index contributed by atoms with van der Waals surface area (Å²) in [5, 5.41) is 13.3. The van der Waals surface area contributed by atoms with Gasteiger partial charge in [-0.15, -0.1) is 11.3 Å². The zero-order chi connectivity index (χ0) is 35.3. The van der Waals surface area contributed by atoms with Crippen LogP contribution in [0.15, 0.2) is 176 Å². The lowest BCUT2D eigenvalue weighted by molar-refractivity contribution is 1.01. The van der Waals surface area contributed by atoms with E-state index in [9.17, 15) is 0 Å². The molecule has 0 atom stereocenters. The summed E-state index contributed by atoms with van der Waals surface area (Å²) in [7, 11) is 0. The molecular weight excluding hydrogens is 675 g/mol. The van der Waals surface area contributed by atoms with Gasteiger partial charge in [0.05, 0.1) is 22.2 Å². The van der Waals surface area contributed by atoms with Gasteiger partial charge in [0.15, 0.2) is 0 Å². The van der Waals surface area contributed by atoms with Crippen molar-refractivity contribution in [3.05, 3.63) is 176 Å². The fraction of sp³-hybridized carbons (Fsp3) is 0. The molecule has 0 aliphatic rings. The Kier molecular flexibility index (Phi) is 6.21. The summed E-state index contributed by atoms with van der Waals surface area (Å²) in [6.45, 7) is 0. The Labute approximate surface area is 314 Å². The Hall–Kier alpha value is -6.88. The van der Waals surface area contributed by atoms with Crippen molar-refractivity contribution in [2.45, 2.75) is 0 Å². The van der Waals surface area contributed by atoms with E-state index in [1.165, 1.54) is 74.4 Å². The van der Waals surface area contributed by atoms with Crippen LogP contribution in [0.1, 0.15) is 0 Å². The van der Waals surface area contributed by atoms with Crippen LogP contribution in [0.25, 0.3) is 114 Å². The largest absolute Gasteiger partial charge is 0.278 e. The van der Waals surface area contributed by atoms with Gasteiger partial charge in [-0.3, -0.25) is 4.57 Å². The predicted octanol–water partition coefficient (Wildman–Crippen LogP) is 13.9. The van der Waals surface area contributed by atoms with Crippen LogP contribution in [0.2, 0.25) is 0 Å². The van der Waals surface area contributed by atoms with Gasteiger partial charge in [-0.2, -0.15) is 0 Å². The van der Waals surface area contributed by atoms with Crippen molar-refractivity contribution in [2.75, 3.05) is 0 Å². The lowest BCUT2D eigenvalue weighted by Crippen LogP contribution is -2.03. The van der Waals surface area contributed by atoms with Gasteiger partial charge in [-0.25, -0.2) is 9.97 Å². The Morgan fingerprint density at radius 3 is 1.69 bits per heavy atom. The molecule has 9 aromatic carbocycles. The van der Waals surface area contributed by atoms with Crippen LogP contribution >= 0.6 is 11.3 Å². The van der Waals surface area contributed by atoms with Crippen LogP contribution in [-0.2, 0) is 0 Å². The molecule has 0 saturated heterocycles. The van der Waals surface area contributed by atoms with Crippen LogP contribution in [-0.4, -0.2) is 14.5 Å². The average molecular weight is 704 g/mol. The summed E-state index contributed by atoms with van der Waals surface area (Å²) in [6.07, 6.45) is 0. The Morgan fingerprint density at radius 1 is 0.389 bits per heavy atom. The van der Waals surface area contributed by atoms with Gasteiger partial charge in [-0.1, -0.05) is 133 Å². The van der Waals surface area contributed by atoms with Crippen molar-refractivity contribution in [1.29, 1.82) is 0 Å². The van der Waals surface area contributed by atoms with Crippen molar-refractivity contribution >= 4 is 96.5 Å². The third-order valence-electron chi connectivity index (χ3n) is 11.1. The van der Waals surface area contributed by atoms with Gasteiger partial charge in [0.2, 0.25) is 5.95 Å². The summed E-state index contributed by atoms with van der Waals surface area (Å²) in [5.41, 5.74) is 7.51. The van der Waals surface area contributed by atoms with Crippen LogP contribution in [0, 0.1) is 0 Å². The minimum absolute atomic E-state index is 0.664. The molecule has 0 unspecified atom stereocenters. The number of rotatable bonds is 3. The van der Waals surface area contributed by atoms with E-state index in [1.807, 2.05) is 11.3 Å². The van der Waals surface area contributed by atoms with Gasteiger partial charge in [0.1, 0.15) is 0 Å². The summed E-state index contributed by atoms with van der Waals surface area (Å²) >= 11 is 1.86. The van der Waals surface area contributed by atoms with Gasteiger partial charge in [-0.05, 0) is 85.9 Å². The number of aromatic nitrogens is 3. The Bertz CT molecular complexity index is 3410. The first-order valence-corrected chi connectivity index (χ1v) is 19.1. The molecule has 0 spiro atoms. The zero-order valence-electron chi connectivity index (χ0n) is 29.0. The van der Waals surface area contributed by atoms with E-state index < -0.39 is 0 Å². The number of hydrogen-bond acceptors (Lipinski definition) is 3. The maximum absolute atomic E-state index is 5.66. The molecule has 12 rings (SSSR count). The number of benzene rings is 9. The molecule has 3 heterocycles. The van der Waals surface area contributed by atoms with Crippen molar-refractivity contribution in [3.8, 4) is 28.3 Å². The minimum atomic E-state index is 0.664. The Morgan fingerprint density at radius 2 is 0.981 bits per heavy atom. The van der Waals surface area contributed by atoms with Crippen LogP contribution < -0.4 is 0 Å². The monoisotopic (exact) mass is 703 g/mol. The smallest absolute Gasteiger partial charge is 0.235 e. The van der Waals surface area contributed by atoms with Crippen molar-refractivity contribution in [3.63, 3.8) is 0 Å². The maximum atomic E-state index is 5.66. The fourth-order valence-corrected chi connectivity index (χ4v) is 9.91. The number of para-hydroxylation sites is 1. The van der Waals surface area contributed by atoms with Crippen molar-refractivity contribution < 1.29 is 0 Å². The molecule has 54 heavy (non-hydrogen) atoms. The van der Waals surface area contributed by atoms with Gasteiger partial charge >= 0.3 is 0 Å². The van der Waals surface area contributed by atoms with E-state index >= 15 is 0 Å². The van der Waals surface area contributed by atoms with Gasteiger partial charge < -0.3 is 0 Å². The van der Waals surface area contributed by atoms with Crippen LogP contribution in [0.4, 0.5) is 0 Å². The molecule has 0 radical (unpaired) electrons. The normalized spacial score (nSPS) is 12.1. The molecule has 250 valence electrons. The topological polar surface area (TPSA) is 30.7 Å². The SMILES string of the molecule is c1ccc(-c2cc(-c3nc(-n4c5ccc6ccccc6c5c5c6ccccc6ccc54)nc4ccccc34)c3c(c2)sc2cc4ccccc4cc23)cc1. The lowest BCUT2D eigenvalue weighted by Gasteiger charge is -2.14. The highest BCUT2D eigenvalue weighted by atomic mass is 32.1. The van der Waals surface area contributed by atoms with Gasteiger partial charge in [0.25, 0.3) is 0 Å². The Balaban J connectivity index is 1.24. The average Bonchev–Trinajstić information content (AvgIpc) is 3.78.